The van der Waals surface area contributed by atoms with Gasteiger partial charge in [-0.3, -0.25) is 9.45 Å². The normalized spacial score (nSPS) is 14.3. The van der Waals surface area contributed by atoms with Crippen LogP contribution in [-0.4, -0.2) is 83.9 Å². The Morgan fingerprint density at radius 1 is 0.914 bits per heavy atom. The van der Waals surface area contributed by atoms with Gasteiger partial charge in [0.05, 0.1) is 6.10 Å². The predicted octanol–water partition coefficient (Wildman–Crippen LogP) is 2.75. The van der Waals surface area contributed by atoms with Gasteiger partial charge in [-0.1, -0.05) is 70.2 Å². The maximum absolute atomic E-state index is 11.8. The van der Waals surface area contributed by atoms with E-state index in [2.05, 4.69) is 20.8 Å². The molecule has 0 heterocycles. The van der Waals surface area contributed by atoms with Crippen LogP contribution in [0.5, 0.6) is 5.75 Å². The zero-order valence-electron chi connectivity index (χ0n) is 21.2. The van der Waals surface area contributed by atoms with Crippen LogP contribution in [0.3, 0.4) is 0 Å². The molecule has 0 radical (unpaired) electrons. The van der Waals surface area contributed by atoms with Crippen LogP contribution in [0, 0.1) is 0 Å². The van der Waals surface area contributed by atoms with Crippen molar-refractivity contribution in [3.05, 3.63) is 65.7 Å². The molecule has 2 aromatic rings. The van der Waals surface area contributed by atoms with E-state index in [-0.39, 0.29) is 38.2 Å². The molecule has 0 aliphatic rings. The van der Waals surface area contributed by atoms with Crippen LogP contribution in [0.4, 0.5) is 0 Å². The minimum atomic E-state index is -4.46. The first-order valence-corrected chi connectivity index (χ1v) is 13.4. The summed E-state index contributed by atoms with van der Waals surface area (Å²) >= 11 is 0. The van der Waals surface area contributed by atoms with Crippen molar-refractivity contribution in [2.24, 2.45) is 0 Å². The summed E-state index contributed by atoms with van der Waals surface area (Å²) in [7, 11) is -4.46. The zero-order chi connectivity index (χ0) is 26.1. The maximum Gasteiger partial charge on any atom is 0.336 e. The lowest BCUT2D eigenvalue weighted by molar-refractivity contribution is 0.0427. The lowest BCUT2D eigenvalue weighted by Gasteiger charge is -2.28. The van der Waals surface area contributed by atoms with Crippen LogP contribution >= 0.6 is 0 Å². The van der Waals surface area contributed by atoms with E-state index < -0.39 is 22.5 Å². The highest BCUT2D eigenvalue weighted by atomic mass is 32.2. The molecule has 0 amide bonds. The summed E-state index contributed by atoms with van der Waals surface area (Å²) < 4.78 is 39.8. The predicted molar refractivity (Wildman–Crippen MR) is 138 cm³/mol. The molecular formula is C26H40N2O6S. The molecule has 0 aromatic heterocycles. The summed E-state index contributed by atoms with van der Waals surface area (Å²) in [5, 5.41) is 21.0. The Labute approximate surface area is 210 Å². The van der Waals surface area contributed by atoms with Crippen molar-refractivity contribution in [3.63, 3.8) is 0 Å². The van der Waals surface area contributed by atoms with Crippen molar-refractivity contribution in [2.75, 3.05) is 39.3 Å². The molecule has 2 rings (SSSR count). The maximum atomic E-state index is 11.8. The van der Waals surface area contributed by atoms with E-state index in [4.69, 9.17) is 4.74 Å². The zero-order valence-corrected chi connectivity index (χ0v) is 22.0. The second-order valence-corrected chi connectivity index (χ2v) is 11.2. The SMILES string of the molecule is CCN(C[C@@H](O)CN(CCc1ccccc1)S(=O)(=O)O)C[C@@H](O)COc1ccc(C(C)(C)C)cc1. The Kier molecular flexibility index (Phi) is 11.1. The van der Waals surface area contributed by atoms with Gasteiger partial charge < -0.3 is 14.9 Å². The third-order valence-corrected chi connectivity index (χ3v) is 6.77. The monoisotopic (exact) mass is 508 g/mol. The van der Waals surface area contributed by atoms with Crippen molar-refractivity contribution in [2.45, 2.75) is 51.7 Å². The average Bonchev–Trinajstić information content (AvgIpc) is 2.79. The topological polar surface area (TPSA) is 111 Å². The van der Waals surface area contributed by atoms with E-state index in [9.17, 15) is 23.2 Å². The minimum Gasteiger partial charge on any atom is -0.491 e. The Morgan fingerprint density at radius 3 is 2.06 bits per heavy atom. The highest BCUT2D eigenvalue weighted by molar-refractivity contribution is 7.83. The molecule has 2 atom stereocenters. The molecule has 0 fully saturated rings. The molecule has 0 aliphatic carbocycles. The third kappa shape index (κ3) is 10.6. The number of ether oxygens (including phenoxy) is 1. The lowest BCUT2D eigenvalue weighted by Crippen LogP contribution is -2.45. The van der Waals surface area contributed by atoms with Gasteiger partial charge in [-0.25, -0.2) is 0 Å². The Hall–Kier alpha value is -2.01. The van der Waals surface area contributed by atoms with Crippen LogP contribution in [-0.2, 0) is 22.1 Å². The van der Waals surface area contributed by atoms with Crippen molar-refractivity contribution in [1.29, 1.82) is 0 Å². The van der Waals surface area contributed by atoms with Gasteiger partial charge in [-0.2, -0.15) is 12.7 Å². The molecule has 0 saturated carbocycles. The molecule has 0 aliphatic heterocycles. The van der Waals surface area contributed by atoms with Crippen LogP contribution in [0.15, 0.2) is 54.6 Å². The Bertz CT molecular complexity index is 977. The van der Waals surface area contributed by atoms with Crippen molar-refractivity contribution in [1.82, 2.24) is 9.21 Å². The van der Waals surface area contributed by atoms with E-state index in [0.717, 1.165) is 9.87 Å². The number of aliphatic hydroxyl groups is 2. The molecule has 0 unspecified atom stereocenters. The van der Waals surface area contributed by atoms with E-state index in [1.165, 1.54) is 5.56 Å². The molecule has 0 bridgehead atoms. The number of hydrogen-bond acceptors (Lipinski definition) is 6. The van der Waals surface area contributed by atoms with E-state index in [1.54, 1.807) is 0 Å². The fourth-order valence-electron chi connectivity index (χ4n) is 3.72. The van der Waals surface area contributed by atoms with Crippen LogP contribution in [0.1, 0.15) is 38.8 Å². The van der Waals surface area contributed by atoms with Gasteiger partial charge in [0.1, 0.15) is 18.5 Å². The molecule has 196 valence electrons. The first kappa shape index (κ1) is 29.2. The average molecular weight is 509 g/mol. The molecule has 0 saturated heterocycles. The first-order chi connectivity index (χ1) is 16.4. The molecule has 3 N–H and O–H groups in total. The van der Waals surface area contributed by atoms with Gasteiger partial charge >= 0.3 is 10.3 Å². The van der Waals surface area contributed by atoms with Crippen LogP contribution in [0.25, 0.3) is 0 Å². The van der Waals surface area contributed by atoms with Gasteiger partial charge in [-0.15, -0.1) is 0 Å². The highest BCUT2D eigenvalue weighted by Gasteiger charge is 2.24. The standard InChI is InChI=1S/C26H40N2O6S/c1-5-27(18-24(30)20-34-25-13-11-22(12-14-25)26(2,3)4)17-23(29)19-28(35(31,32)33)16-15-21-9-7-6-8-10-21/h6-14,23-24,29-30H,5,15-20H2,1-4H3,(H,31,32,33)/t23-,24-/m1/s1. The number of benzene rings is 2. The fraction of sp³-hybridized carbons (Fsp3) is 0.538. The molecular weight excluding hydrogens is 468 g/mol. The lowest BCUT2D eigenvalue weighted by atomic mass is 9.87. The summed E-state index contributed by atoms with van der Waals surface area (Å²) in [6.07, 6.45) is -1.41. The Morgan fingerprint density at radius 2 is 1.51 bits per heavy atom. The molecule has 9 heteroatoms. The highest BCUT2D eigenvalue weighted by Crippen LogP contribution is 2.24. The molecule has 8 nitrogen and oxygen atoms in total. The van der Waals surface area contributed by atoms with Crippen LogP contribution < -0.4 is 4.74 Å². The number of hydrogen-bond donors (Lipinski definition) is 3. The first-order valence-electron chi connectivity index (χ1n) is 12.0. The van der Waals surface area contributed by atoms with Crippen molar-refractivity contribution in [3.8, 4) is 5.75 Å². The van der Waals surface area contributed by atoms with Gasteiger partial charge in [-0.05, 0) is 41.6 Å². The van der Waals surface area contributed by atoms with E-state index in [0.29, 0.717) is 18.7 Å². The second kappa shape index (κ2) is 13.3. The molecule has 35 heavy (non-hydrogen) atoms. The van der Waals surface area contributed by atoms with Gasteiger partial charge in [0.25, 0.3) is 0 Å². The van der Waals surface area contributed by atoms with E-state index in [1.807, 2.05) is 66.4 Å². The number of nitrogens with zero attached hydrogens (tertiary/aromatic N) is 2. The number of aliphatic hydroxyl groups excluding tert-OH is 2. The summed E-state index contributed by atoms with van der Waals surface area (Å²) in [5.74, 6) is 0.669. The largest absolute Gasteiger partial charge is 0.491 e. The number of likely N-dealkylation sites (N-methyl/N-ethyl adjacent to an activating group) is 1. The Balaban J connectivity index is 1.84. The van der Waals surface area contributed by atoms with Gasteiger partial charge in [0.2, 0.25) is 0 Å². The smallest absolute Gasteiger partial charge is 0.336 e. The quantitative estimate of drug-likeness (QED) is 0.337. The summed E-state index contributed by atoms with van der Waals surface area (Å²) in [6.45, 7) is 9.15. The molecule has 2 aromatic carbocycles. The summed E-state index contributed by atoms with van der Waals surface area (Å²) in [5.41, 5.74) is 2.17. The van der Waals surface area contributed by atoms with E-state index >= 15 is 0 Å². The minimum absolute atomic E-state index is 0.0486. The van der Waals surface area contributed by atoms with Crippen molar-refractivity contribution >= 4 is 10.3 Å². The van der Waals surface area contributed by atoms with Crippen molar-refractivity contribution < 1.29 is 27.9 Å². The summed E-state index contributed by atoms with van der Waals surface area (Å²) in [4.78, 5) is 1.82. The molecule has 0 spiro atoms. The number of rotatable bonds is 14. The fourth-order valence-corrected chi connectivity index (χ4v) is 4.40. The summed E-state index contributed by atoms with van der Waals surface area (Å²) in [6, 6.07) is 17.1. The van der Waals surface area contributed by atoms with Gasteiger partial charge in [0.15, 0.2) is 0 Å². The third-order valence-electron chi connectivity index (χ3n) is 5.78. The van der Waals surface area contributed by atoms with Crippen LogP contribution in [0.2, 0.25) is 0 Å². The second-order valence-electron chi connectivity index (χ2n) is 9.82. The van der Waals surface area contributed by atoms with Gasteiger partial charge in [0, 0.05) is 26.2 Å².